The fraction of sp³-hybridized carbons (Fsp3) is 0.300. The number of hydrogen-bond donors (Lipinski definition) is 1. The number of carbonyl (C=O) groups is 1. The lowest BCUT2D eigenvalue weighted by Gasteiger charge is -2.08. The Hall–Kier alpha value is -0.930. The van der Waals surface area contributed by atoms with E-state index in [1.807, 2.05) is 0 Å². The molecule has 0 saturated heterocycles. The molecule has 1 heterocycles. The molecule has 1 aliphatic rings. The van der Waals surface area contributed by atoms with Crippen molar-refractivity contribution < 1.29 is 9.53 Å². The third kappa shape index (κ3) is 2.03. The van der Waals surface area contributed by atoms with Gasteiger partial charge in [0.2, 0.25) is 5.91 Å². The largest absolute Gasteiger partial charge is 0.490 e. The van der Waals surface area contributed by atoms with E-state index in [1.54, 1.807) is 19.1 Å². The first-order chi connectivity index (χ1) is 7.08. The molecule has 3 nitrogen and oxygen atoms in total. The maximum Gasteiger partial charge on any atom is 0.230 e. The Morgan fingerprint density at radius 2 is 2.20 bits per heavy atom. The number of ether oxygens (including phenoxy) is 1. The second-order valence-electron chi connectivity index (χ2n) is 3.46. The monoisotopic (exact) mass is 245 g/mol. The van der Waals surface area contributed by atoms with Crippen molar-refractivity contribution in [3.05, 3.63) is 22.2 Å². The molecule has 1 amide bonds. The molecule has 2 rings (SSSR count). The smallest absolute Gasteiger partial charge is 0.230 e. The molecule has 5 heteroatoms. The van der Waals surface area contributed by atoms with Gasteiger partial charge in [-0.3, -0.25) is 4.79 Å². The van der Waals surface area contributed by atoms with E-state index in [2.05, 4.69) is 5.32 Å². The summed E-state index contributed by atoms with van der Waals surface area (Å²) in [6.45, 7) is 2.12. The van der Waals surface area contributed by atoms with Crippen LogP contribution in [0.2, 0.25) is 10.0 Å². The van der Waals surface area contributed by atoms with E-state index in [-0.39, 0.29) is 11.8 Å². The Balaban J connectivity index is 2.47. The third-order valence-electron chi connectivity index (χ3n) is 2.20. The van der Waals surface area contributed by atoms with Crippen molar-refractivity contribution in [2.24, 2.45) is 5.92 Å². The van der Waals surface area contributed by atoms with Gasteiger partial charge in [-0.1, -0.05) is 30.1 Å². The van der Waals surface area contributed by atoms with Crippen LogP contribution in [0.3, 0.4) is 0 Å². The second kappa shape index (κ2) is 3.91. The normalized spacial score (nSPS) is 19.9. The van der Waals surface area contributed by atoms with Gasteiger partial charge in [0.15, 0.2) is 0 Å². The first-order valence-corrected chi connectivity index (χ1v) is 5.26. The molecule has 0 spiro atoms. The fourth-order valence-corrected chi connectivity index (χ4v) is 1.84. The lowest BCUT2D eigenvalue weighted by molar-refractivity contribution is -0.119. The van der Waals surface area contributed by atoms with E-state index in [1.165, 1.54) is 0 Å². The van der Waals surface area contributed by atoms with Crippen LogP contribution >= 0.6 is 23.2 Å². The molecule has 0 radical (unpaired) electrons. The van der Waals surface area contributed by atoms with Gasteiger partial charge in [0.05, 0.1) is 17.5 Å². The zero-order valence-electron chi connectivity index (χ0n) is 8.01. The van der Waals surface area contributed by atoms with Crippen molar-refractivity contribution in [3.63, 3.8) is 0 Å². The summed E-state index contributed by atoms with van der Waals surface area (Å²) in [7, 11) is 0. The summed E-state index contributed by atoms with van der Waals surface area (Å²) in [5.41, 5.74) is 0.496. The molecule has 0 saturated carbocycles. The number of anilines is 1. The van der Waals surface area contributed by atoms with Gasteiger partial charge in [-0.05, 0) is 6.07 Å². The van der Waals surface area contributed by atoms with Crippen LogP contribution in [0.5, 0.6) is 5.75 Å². The van der Waals surface area contributed by atoms with Gasteiger partial charge in [0, 0.05) is 11.1 Å². The summed E-state index contributed by atoms with van der Waals surface area (Å²) in [5.74, 6) is 0.218. The van der Waals surface area contributed by atoms with Crippen LogP contribution in [-0.2, 0) is 4.79 Å². The Morgan fingerprint density at radius 3 is 2.93 bits per heavy atom. The summed E-state index contributed by atoms with van der Waals surface area (Å²) < 4.78 is 5.44. The molecule has 1 aliphatic heterocycles. The molecule has 0 bridgehead atoms. The molecule has 1 atom stereocenters. The molecule has 0 aliphatic carbocycles. The van der Waals surface area contributed by atoms with Crippen molar-refractivity contribution in [1.82, 2.24) is 0 Å². The van der Waals surface area contributed by atoms with Gasteiger partial charge in [-0.2, -0.15) is 0 Å². The molecular formula is C10H9Cl2NO2. The van der Waals surface area contributed by atoms with Gasteiger partial charge >= 0.3 is 0 Å². The zero-order valence-corrected chi connectivity index (χ0v) is 9.52. The highest BCUT2D eigenvalue weighted by molar-refractivity contribution is 6.37. The number of amides is 1. The van der Waals surface area contributed by atoms with E-state index < -0.39 is 0 Å². The van der Waals surface area contributed by atoms with E-state index in [9.17, 15) is 4.79 Å². The molecule has 0 fully saturated rings. The maximum absolute atomic E-state index is 11.5. The Morgan fingerprint density at radius 1 is 1.47 bits per heavy atom. The summed E-state index contributed by atoms with van der Waals surface area (Å²) in [5, 5.41) is 3.59. The Bertz CT molecular complexity index is 420. The molecule has 1 unspecified atom stereocenters. The van der Waals surface area contributed by atoms with Crippen molar-refractivity contribution in [2.45, 2.75) is 6.92 Å². The quantitative estimate of drug-likeness (QED) is 0.764. The minimum absolute atomic E-state index is 0.0991. The standard InChI is InChI=1S/C10H9Cl2NO2/c1-5-4-15-8-3-6(11)2-7(12)9(8)13-10(5)14/h2-3,5H,4H2,1H3,(H,13,14). The van der Waals surface area contributed by atoms with E-state index >= 15 is 0 Å². The Labute approximate surface area is 97.3 Å². The van der Waals surface area contributed by atoms with Crippen molar-refractivity contribution in [3.8, 4) is 5.75 Å². The second-order valence-corrected chi connectivity index (χ2v) is 4.31. The highest BCUT2D eigenvalue weighted by Gasteiger charge is 2.22. The summed E-state index contributed by atoms with van der Waals surface area (Å²) in [4.78, 5) is 11.5. The topological polar surface area (TPSA) is 38.3 Å². The van der Waals surface area contributed by atoms with Crippen molar-refractivity contribution >= 4 is 34.8 Å². The average Bonchev–Trinajstić information content (AvgIpc) is 2.30. The van der Waals surface area contributed by atoms with Gasteiger partial charge in [0.25, 0.3) is 0 Å². The third-order valence-corrected chi connectivity index (χ3v) is 2.72. The first-order valence-electron chi connectivity index (χ1n) is 4.50. The fourth-order valence-electron chi connectivity index (χ4n) is 1.32. The van der Waals surface area contributed by atoms with Crippen molar-refractivity contribution in [2.75, 3.05) is 11.9 Å². The number of fused-ring (bicyclic) bond motifs is 1. The highest BCUT2D eigenvalue weighted by Crippen LogP contribution is 2.37. The number of rotatable bonds is 0. The molecular weight excluding hydrogens is 237 g/mol. The maximum atomic E-state index is 11.5. The van der Waals surface area contributed by atoms with Crippen LogP contribution in [0.25, 0.3) is 0 Å². The summed E-state index contributed by atoms with van der Waals surface area (Å²) >= 11 is 11.8. The minimum Gasteiger partial charge on any atom is -0.490 e. The number of carbonyl (C=O) groups excluding carboxylic acids is 1. The lowest BCUT2D eigenvalue weighted by atomic mass is 10.2. The van der Waals surface area contributed by atoms with Gasteiger partial charge in [-0.25, -0.2) is 0 Å². The molecule has 15 heavy (non-hydrogen) atoms. The van der Waals surface area contributed by atoms with Crippen LogP contribution in [0.1, 0.15) is 6.92 Å². The highest BCUT2D eigenvalue weighted by atomic mass is 35.5. The summed E-state index contributed by atoms with van der Waals surface area (Å²) in [6.07, 6.45) is 0. The number of nitrogens with one attached hydrogen (secondary N) is 1. The summed E-state index contributed by atoms with van der Waals surface area (Å²) in [6, 6.07) is 3.21. The zero-order chi connectivity index (χ0) is 11.0. The number of halogens is 2. The predicted octanol–water partition coefficient (Wildman–Crippen LogP) is 2.96. The molecule has 0 aromatic heterocycles. The van der Waals surface area contributed by atoms with Crippen LogP contribution < -0.4 is 10.1 Å². The van der Waals surface area contributed by atoms with Crippen molar-refractivity contribution in [1.29, 1.82) is 0 Å². The van der Waals surface area contributed by atoms with Crippen LogP contribution in [0.15, 0.2) is 12.1 Å². The van der Waals surface area contributed by atoms with Crippen LogP contribution in [0.4, 0.5) is 5.69 Å². The minimum atomic E-state index is -0.202. The van der Waals surface area contributed by atoms with E-state index in [4.69, 9.17) is 27.9 Å². The SMILES string of the molecule is CC1COc2cc(Cl)cc(Cl)c2NC1=O. The van der Waals surface area contributed by atoms with Gasteiger partial charge < -0.3 is 10.1 Å². The number of benzene rings is 1. The van der Waals surface area contributed by atoms with E-state index in [0.717, 1.165) is 0 Å². The average molecular weight is 246 g/mol. The first kappa shape index (κ1) is 10.6. The lowest BCUT2D eigenvalue weighted by Crippen LogP contribution is -2.22. The van der Waals surface area contributed by atoms with Gasteiger partial charge in [0.1, 0.15) is 11.4 Å². The van der Waals surface area contributed by atoms with Crippen LogP contribution in [-0.4, -0.2) is 12.5 Å². The molecule has 1 aromatic rings. The number of hydrogen-bond acceptors (Lipinski definition) is 2. The molecule has 1 aromatic carbocycles. The van der Waals surface area contributed by atoms with Gasteiger partial charge in [-0.15, -0.1) is 0 Å². The Kier molecular flexibility index (Phi) is 2.76. The van der Waals surface area contributed by atoms with E-state index in [0.29, 0.717) is 28.1 Å². The molecule has 1 N–H and O–H groups in total. The predicted molar refractivity (Wildman–Crippen MR) is 59.8 cm³/mol. The van der Waals surface area contributed by atoms with Crippen LogP contribution in [0, 0.1) is 5.92 Å². The molecule has 80 valence electrons.